The Hall–Kier alpha value is -1.33. The van der Waals surface area contributed by atoms with Crippen LogP contribution in [0, 0.1) is 5.41 Å². The van der Waals surface area contributed by atoms with Crippen LogP contribution < -0.4 is 9.80 Å². The van der Waals surface area contributed by atoms with Crippen molar-refractivity contribution in [3.05, 3.63) is 59.7 Å². The minimum absolute atomic E-state index is 0. The van der Waals surface area contributed by atoms with E-state index in [9.17, 15) is 0 Å². The fraction of sp³-hybridized carbons (Fsp3) is 0.381. The molecule has 30 heavy (non-hydrogen) atoms. The molecule has 2 aromatic rings. The number of rotatable bonds is 8. The van der Waals surface area contributed by atoms with Crippen LogP contribution in [0.15, 0.2) is 48.5 Å². The normalized spacial score (nSPS) is 8.40. The standard InChI is InChI=1S/C21H29N3.Mo.2H2O.2O.HP/c1-5-23(6-2)19-13-9-17(10-14-19)21(22)18-11-15-20(16-12-18)24(7-3)8-4;;;;;;/h9-16,22H,5-8H2,1-4H3;;2*1H2;;;1H/q;;;;2*-2;/p-2. The SMILES string of the molecule is CCN(CC)c1ccc(C(=N)c2ccc(N(CC)CC)cc2)cc1.[Mo].[O-2].[O-2].[OH-].[OH-].[PH]. The number of hydrogen-bond acceptors (Lipinski definition) is 5. The Morgan fingerprint density at radius 2 is 0.867 bits per heavy atom. The monoisotopic (exact) mass is 519 g/mol. The average Bonchev–Trinajstić information content (AvgIpc) is 2.64. The van der Waals surface area contributed by atoms with E-state index in [1.54, 1.807) is 0 Å². The number of hydrogen-bond donors (Lipinski definition) is 1. The molecule has 0 heterocycles. The largest absolute Gasteiger partial charge is 2.00 e. The molecular formula is C21H32MoN3O4P-6. The quantitative estimate of drug-likeness (QED) is 0.304. The Labute approximate surface area is 198 Å². The molecule has 2 rings (SSSR count). The van der Waals surface area contributed by atoms with Crippen molar-refractivity contribution in [2.45, 2.75) is 27.7 Å². The van der Waals surface area contributed by atoms with Gasteiger partial charge >= 0.3 is 0 Å². The maximum Gasteiger partial charge on any atom is 0.0684 e. The van der Waals surface area contributed by atoms with Crippen molar-refractivity contribution in [3.63, 3.8) is 0 Å². The van der Waals surface area contributed by atoms with Crippen molar-refractivity contribution >= 4 is 27.0 Å². The third-order valence-corrected chi connectivity index (χ3v) is 4.57. The Balaban J connectivity index is -0.000000347. The molecule has 0 aromatic heterocycles. The molecule has 0 aliphatic rings. The molecule has 0 spiro atoms. The van der Waals surface area contributed by atoms with E-state index in [4.69, 9.17) is 5.41 Å². The summed E-state index contributed by atoms with van der Waals surface area (Å²) >= 11 is 0. The first-order chi connectivity index (χ1) is 11.6. The van der Waals surface area contributed by atoms with E-state index in [0.29, 0.717) is 5.71 Å². The van der Waals surface area contributed by atoms with Crippen molar-refractivity contribution in [3.8, 4) is 0 Å². The summed E-state index contributed by atoms with van der Waals surface area (Å²) in [6.07, 6.45) is 0. The van der Waals surface area contributed by atoms with Gasteiger partial charge < -0.3 is 31.7 Å². The smallest absolute Gasteiger partial charge is 0.0684 e. The van der Waals surface area contributed by atoms with Crippen LogP contribution in [0.5, 0.6) is 0 Å². The van der Waals surface area contributed by atoms with Gasteiger partial charge in [0.25, 0.3) is 0 Å². The first-order valence-electron chi connectivity index (χ1n) is 8.93. The Bertz CT molecular complexity index is 607. The van der Waals surface area contributed by atoms with Gasteiger partial charge in [-0.2, -0.15) is 0 Å². The molecule has 0 atom stereocenters. The first kappa shape index (κ1) is 39.2. The van der Waals surface area contributed by atoms with Crippen LogP contribution in [0.1, 0.15) is 38.8 Å². The average molecular weight is 517 g/mol. The number of benzene rings is 2. The summed E-state index contributed by atoms with van der Waals surface area (Å²) in [4.78, 5) is 4.62. The first-order valence-corrected chi connectivity index (χ1v) is 8.93. The van der Waals surface area contributed by atoms with Crippen molar-refractivity contribution in [2.75, 3.05) is 36.0 Å². The second-order valence-corrected chi connectivity index (χ2v) is 5.81. The topological polar surface area (TPSA) is 147 Å². The van der Waals surface area contributed by atoms with E-state index in [1.807, 2.05) is 24.3 Å². The molecule has 172 valence electrons. The summed E-state index contributed by atoms with van der Waals surface area (Å²) in [6.45, 7) is 12.7. The summed E-state index contributed by atoms with van der Waals surface area (Å²) in [7, 11) is 0. The molecule has 0 unspecified atom stereocenters. The van der Waals surface area contributed by atoms with E-state index in [2.05, 4.69) is 61.8 Å². The fourth-order valence-electron chi connectivity index (χ4n) is 3.02. The zero-order valence-corrected chi connectivity index (χ0v) is 21.0. The Kier molecular flexibility index (Phi) is 25.6. The third-order valence-electron chi connectivity index (χ3n) is 4.57. The maximum atomic E-state index is 8.48. The minimum atomic E-state index is 0. The predicted octanol–water partition coefficient (Wildman–Crippen LogP) is 4.79. The van der Waals surface area contributed by atoms with Gasteiger partial charge in [-0.3, -0.25) is 5.41 Å². The van der Waals surface area contributed by atoms with Crippen LogP contribution in [0.2, 0.25) is 0 Å². The van der Waals surface area contributed by atoms with Crippen molar-refractivity contribution in [1.82, 2.24) is 0 Å². The summed E-state index contributed by atoms with van der Waals surface area (Å²) < 4.78 is 0. The molecule has 0 saturated carbocycles. The second-order valence-electron chi connectivity index (χ2n) is 5.81. The van der Waals surface area contributed by atoms with Gasteiger partial charge in [0.1, 0.15) is 0 Å². The number of nitrogens with zero attached hydrogens (tertiary/aromatic N) is 2. The zero-order chi connectivity index (χ0) is 17.5. The summed E-state index contributed by atoms with van der Waals surface area (Å²) in [5.74, 6) is 0. The fourth-order valence-corrected chi connectivity index (χ4v) is 3.02. The van der Waals surface area contributed by atoms with Gasteiger partial charge in [0, 0.05) is 69.7 Å². The van der Waals surface area contributed by atoms with Crippen LogP contribution in [-0.2, 0) is 32.0 Å². The van der Waals surface area contributed by atoms with Crippen molar-refractivity contribution < 1.29 is 43.0 Å². The maximum absolute atomic E-state index is 8.48. The number of nitrogens with one attached hydrogen (secondary N) is 1. The third kappa shape index (κ3) is 9.65. The van der Waals surface area contributed by atoms with Crippen LogP contribution >= 0.6 is 9.90 Å². The molecule has 7 nitrogen and oxygen atoms in total. The Morgan fingerprint density at radius 3 is 1.07 bits per heavy atom. The van der Waals surface area contributed by atoms with Gasteiger partial charge in [0.15, 0.2) is 0 Å². The molecule has 9 heteroatoms. The van der Waals surface area contributed by atoms with Gasteiger partial charge in [0.05, 0.1) is 5.71 Å². The van der Waals surface area contributed by atoms with Crippen LogP contribution in [0.4, 0.5) is 11.4 Å². The zero-order valence-electron chi connectivity index (χ0n) is 18.0. The molecule has 0 aliphatic heterocycles. The van der Waals surface area contributed by atoms with E-state index in [0.717, 1.165) is 37.3 Å². The molecule has 0 bridgehead atoms. The van der Waals surface area contributed by atoms with E-state index in [-0.39, 0.29) is 52.9 Å². The van der Waals surface area contributed by atoms with Gasteiger partial charge in [0.2, 0.25) is 0 Å². The summed E-state index contributed by atoms with van der Waals surface area (Å²) in [5.41, 5.74) is 4.93. The Morgan fingerprint density at radius 1 is 0.633 bits per heavy atom. The van der Waals surface area contributed by atoms with E-state index >= 15 is 0 Å². The summed E-state index contributed by atoms with van der Waals surface area (Å²) in [5, 5.41) is 8.48. The van der Waals surface area contributed by atoms with Crippen LogP contribution in [0.3, 0.4) is 0 Å². The predicted molar refractivity (Wildman–Crippen MR) is 119 cm³/mol. The molecular weight excluding hydrogens is 485 g/mol. The minimum Gasteiger partial charge on any atom is -2.00 e. The van der Waals surface area contributed by atoms with Gasteiger partial charge in [-0.25, -0.2) is 0 Å². The number of anilines is 2. The molecule has 0 saturated heterocycles. The molecule has 0 amide bonds. The molecule has 0 fully saturated rings. The van der Waals surface area contributed by atoms with Gasteiger partial charge in [-0.05, 0) is 52.0 Å². The molecule has 0 aliphatic carbocycles. The molecule has 2 aromatic carbocycles. The summed E-state index contributed by atoms with van der Waals surface area (Å²) in [6, 6.07) is 16.6. The van der Waals surface area contributed by atoms with Crippen LogP contribution in [0.25, 0.3) is 0 Å². The molecule has 3 N–H and O–H groups in total. The van der Waals surface area contributed by atoms with Crippen LogP contribution in [-0.4, -0.2) is 42.8 Å². The van der Waals surface area contributed by atoms with Crippen molar-refractivity contribution in [2.24, 2.45) is 0 Å². The van der Waals surface area contributed by atoms with Gasteiger partial charge in [-0.1, -0.05) is 34.2 Å². The molecule has 2 radical (unpaired) electrons. The van der Waals surface area contributed by atoms with E-state index in [1.165, 1.54) is 11.4 Å². The second kappa shape index (κ2) is 19.6. The van der Waals surface area contributed by atoms with Crippen molar-refractivity contribution in [1.29, 1.82) is 5.41 Å². The van der Waals surface area contributed by atoms with Gasteiger partial charge in [-0.15, -0.1) is 0 Å². The van der Waals surface area contributed by atoms with E-state index < -0.39 is 0 Å².